The van der Waals surface area contributed by atoms with Gasteiger partial charge < -0.3 is 9.47 Å². The molecule has 0 aromatic heterocycles. The Morgan fingerprint density at radius 1 is 1.58 bits per heavy atom. The topological polar surface area (TPSA) is 42.2 Å². The van der Waals surface area contributed by atoms with E-state index in [1.807, 2.05) is 6.07 Å². The van der Waals surface area contributed by atoms with Gasteiger partial charge in [0.2, 0.25) is 0 Å². The molecule has 0 amide bonds. The van der Waals surface area contributed by atoms with E-state index in [1.165, 1.54) is 6.42 Å². The van der Waals surface area contributed by atoms with E-state index in [0.29, 0.717) is 13.0 Å². The van der Waals surface area contributed by atoms with Crippen LogP contribution in [-0.4, -0.2) is 19.5 Å². The second-order valence-electron chi connectivity index (χ2n) is 2.79. The van der Waals surface area contributed by atoms with Crippen LogP contribution in [0.3, 0.4) is 0 Å². The molecule has 1 aliphatic heterocycles. The number of nitriles is 1. The summed E-state index contributed by atoms with van der Waals surface area (Å²) in [4.78, 5) is 0. The highest BCUT2D eigenvalue weighted by Crippen LogP contribution is 2.13. The van der Waals surface area contributed by atoms with Gasteiger partial charge in [-0.05, 0) is 25.7 Å². The summed E-state index contributed by atoms with van der Waals surface area (Å²) in [5.74, 6) is 0. The van der Waals surface area contributed by atoms with Crippen molar-refractivity contribution in [3.63, 3.8) is 0 Å². The lowest BCUT2D eigenvalue weighted by Crippen LogP contribution is -2.22. The van der Waals surface area contributed by atoms with Gasteiger partial charge in [0.1, 0.15) is 0 Å². The van der Waals surface area contributed by atoms with Crippen molar-refractivity contribution < 1.29 is 9.47 Å². The minimum atomic E-state index is -0.0224. The minimum Gasteiger partial charge on any atom is -0.353 e. The van der Waals surface area contributed by atoms with Crippen LogP contribution in [0.25, 0.3) is 0 Å². The Balaban J connectivity index is 1.95. The quantitative estimate of drug-likeness (QED) is 0.599. The second kappa shape index (κ2) is 5.99. The fourth-order valence-electron chi connectivity index (χ4n) is 1.17. The first-order valence-corrected chi connectivity index (χ1v) is 4.38. The Labute approximate surface area is 73.3 Å². The van der Waals surface area contributed by atoms with E-state index in [-0.39, 0.29) is 6.29 Å². The molecule has 67 valence electrons. The highest BCUT2D eigenvalue weighted by atomic mass is 16.7. The van der Waals surface area contributed by atoms with Crippen LogP contribution in [-0.2, 0) is 9.47 Å². The van der Waals surface area contributed by atoms with Gasteiger partial charge in [0.25, 0.3) is 0 Å². The molecule has 0 bridgehead atoms. The molecular formula is C9H14NO2. The molecule has 3 nitrogen and oxygen atoms in total. The van der Waals surface area contributed by atoms with Crippen molar-refractivity contribution >= 4 is 0 Å². The average molecular weight is 168 g/mol. The van der Waals surface area contributed by atoms with Crippen LogP contribution in [0.2, 0.25) is 0 Å². The van der Waals surface area contributed by atoms with Crippen LogP contribution in [0, 0.1) is 17.8 Å². The zero-order chi connectivity index (χ0) is 8.65. The van der Waals surface area contributed by atoms with Crippen molar-refractivity contribution in [1.29, 1.82) is 5.26 Å². The average Bonchev–Trinajstić information content (AvgIpc) is 2.14. The van der Waals surface area contributed by atoms with Crippen LogP contribution in [0.5, 0.6) is 0 Å². The highest BCUT2D eigenvalue weighted by molar-refractivity contribution is 4.90. The summed E-state index contributed by atoms with van der Waals surface area (Å²) >= 11 is 0. The van der Waals surface area contributed by atoms with Gasteiger partial charge in [-0.2, -0.15) is 5.26 Å². The van der Waals surface area contributed by atoms with Gasteiger partial charge in [-0.25, -0.2) is 0 Å². The Morgan fingerprint density at radius 2 is 2.50 bits per heavy atom. The first-order chi connectivity index (χ1) is 5.93. The molecule has 1 rings (SSSR count). The third-order valence-electron chi connectivity index (χ3n) is 1.80. The maximum Gasteiger partial charge on any atom is 0.157 e. The monoisotopic (exact) mass is 168 g/mol. The van der Waals surface area contributed by atoms with Crippen molar-refractivity contribution in [2.45, 2.75) is 32.0 Å². The molecule has 0 aliphatic carbocycles. The summed E-state index contributed by atoms with van der Waals surface area (Å²) in [6, 6.07) is 1.96. The Bertz CT molecular complexity index is 147. The van der Waals surface area contributed by atoms with Gasteiger partial charge in [0, 0.05) is 6.61 Å². The third-order valence-corrected chi connectivity index (χ3v) is 1.80. The Hall–Kier alpha value is -0.590. The van der Waals surface area contributed by atoms with E-state index >= 15 is 0 Å². The molecule has 0 aromatic rings. The number of hydrogen-bond donors (Lipinski definition) is 0. The van der Waals surface area contributed by atoms with E-state index in [2.05, 4.69) is 0 Å². The molecular weight excluding hydrogens is 154 g/mol. The van der Waals surface area contributed by atoms with Crippen LogP contribution >= 0.6 is 0 Å². The number of hydrogen-bond acceptors (Lipinski definition) is 3. The van der Waals surface area contributed by atoms with Gasteiger partial charge in [-0.1, -0.05) is 0 Å². The van der Waals surface area contributed by atoms with Crippen molar-refractivity contribution in [3.05, 3.63) is 6.42 Å². The summed E-state index contributed by atoms with van der Waals surface area (Å²) in [6.45, 7) is 1.41. The molecule has 0 spiro atoms. The fourth-order valence-corrected chi connectivity index (χ4v) is 1.17. The van der Waals surface area contributed by atoms with E-state index < -0.39 is 0 Å². The van der Waals surface area contributed by atoms with Gasteiger partial charge >= 0.3 is 0 Å². The standard InChI is InChI=1S/C9H14NO2/c10-6-2-4-8-12-9-5-1-3-7-11-9/h2,9H,1,3-5,7-8H2. The summed E-state index contributed by atoms with van der Waals surface area (Å²) in [7, 11) is 0. The summed E-state index contributed by atoms with van der Waals surface area (Å²) in [5, 5.41) is 8.21. The number of ether oxygens (including phenoxy) is 2. The molecule has 1 atom stereocenters. The maximum absolute atomic E-state index is 8.21. The number of rotatable bonds is 4. The molecule has 1 fully saturated rings. The molecule has 1 unspecified atom stereocenters. The Kier molecular flexibility index (Phi) is 4.74. The van der Waals surface area contributed by atoms with Gasteiger partial charge in [0.05, 0.1) is 19.1 Å². The van der Waals surface area contributed by atoms with E-state index in [4.69, 9.17) is 14.7 Å². The molecule has 0 saturated carbocycles. The summed E-state index contributed by atoms with van der Waals surface area (Å²) < 4.78 is 10.7. The van der Waals surface area contributed by atoms with Gasteiger partial charge in [-0.3, -0.25) is 0 Å². The number of nitrogens with zero attached hydrogens (tertiary/aromatic N) is 1. The van der Waals surface area contributed by atoms with E-state index in [0.717, 1.165) is 19.4 Å². The first kappa shape index (κ1) is 9.50. The first-order valence-electron chi connectivity index (χ1n) is 4.38. The molecule has 0 aromatic carbocycles. The molecule has 1 radical (unpaired) electrons. The zero-order valence-electron chi connectivity index (χ0n) is 7.16. The predicted octanol–water partition coefficient (Wildman–Crippen LogP) is 1.65. The lowest BCUT2D eigenvalue weighted by molar-refractivity contribution is -0.161. The summed E-state index contributed by atoms with van der Waals surface area (Å²) in [5.41, 5.74) is 0. The predicted molar refractivity (Wildman–Crippen MR) is 44.1 cm³/mol. The highest BCUT2D eigenvalue weighted by Gasteiger charge is 2.12. The van der Waals surface area contributed by atoms with E-state index in [9.17, 15) is 0 Å². The molecule has 1 aliphatic rings. The van der Waals surface area contributed by atoms with Crippen LogP contribution in [0.15, 0.2) is 0 Å². The number of unbranched alkanes of at least 4 members (excludes halogenated alkanes) is 1. The smallest absolute Gasteiger partial charge is 0.157 e. The Morgan fingerprint density at radius 3 is 3.17 bits per heavy atom. The molecule has 3 heteroatoms. The van der Waals surface area contributed by atoms with Crippen LogP contribution < -0.4 is 0 Å². The normalized spacial score (nSPS) is 23.4. The lowest BCUT2D eigenvalue weighted by atomic mass is 10.2. The third kappa shape index (κ3) is 3.70. The van der Waals surface area contributed by atoms with Crippen molar-refractivity contribution in [3.8, 4) is 6.07 Å². The SMILES string of the molecule is N#C[CH]CCOC1CCCCO1. The van der Waals surface area contributed by atoms with Gasteiger partial charge in [-0.15, -0.1) is 0 Å². The molecule has 1 saturated heterocycles. The summed E-state index contributed by atoms with van der Waals surface area (Å²) in [6.07, 6.45) is 5.54. The van der Waals surface area contributed by atoms with E-state index in [1.54, 1.807) is 6.42 Å². The van der Waals surface area contributed by atoms with Gasteiger partial charge in [0.15, 0.2) is 6.29 Å². The van der Waals surface area contributed by atoms with Crippen molar-refractivity contribution in [1.82, 2.24) is 0 Å². The molecule has 0 N–H and O–H groups in total. The largest absolute Gasteiger partial charge is 0.353 e. The zero-order valence-corrected chi connectivity index (χ0v) is 7.16. The molecule has 12 heavy (non-hydrogen) atoms. The molecule has 1 heterocycles. The van der Waals surface area contributed by atoms with Crippen LogP contribution in [0.4, 0.5) is 0 Å². The maximum atomic E-state index is 8.21. The lowest BCUT2D eigenvalue weighted by Gasteiger charge is -2.22. The minimum absolute atomic E-state index is 0.0224. The second-order valence-corrected chi connectivity index (χ2v) is 2.79. The van der Waals surface area contributed by atoms with Crippen molar-refractivity contribution in [2.75, 3.05) is 13.2 Å². The fraction of sp³-hybridized carbons (Fsp3) is 0.778. The van der Waals surface area contributed by atoms with Crippen LogP contribution in [0.1, 0.15) is 25.7 Å². The van der Waals surface area contributed by atoms with Crippen molar-refractivity contribution in [2.24, 2.45) is 0 Å².